The van der Waals surface area contributed by atoms with Crippen LogP contribution in [0.3, 0.4) is 0 Å². The fourth-order valence-electron chi connectivity index (χ4n) is 3.46. The molecular formula is C19H31N2O2+. The molecule has 2 rings (SSSR count). The number of hydrogen-bond acceptors (Lipinski definition) is 3. The number of esters is 1. The lowest BCUT2D eigenvalue weighted by atomic mass is 9.75. The minimum Gasteiger partial charge on any atom is -0.457 e. The van der Waals surface area contributed by atoms with Gasteiger partial charge < -0.3 is 9.64 Å². The van der Waals surface area contributed by atoms with Crippen molar-refractivity contribution in [3.8, 4) is 0 Å². The Hall–Kier alpha value is -1.58. The molecule has 128 valence electrons. The second kappa shape index (κ2) is 7.80. The van der Waals surface area contributed by atoms with Gasteiger partial charge in [0.25, 0.3) is 0 Å². The molecule has 0 N–H and O–H groups in total. The third kappa shape index (κ3) is 4.95. The topological polar surface area (TPSA) is 33.4 Å². The quantitative estimate of drug-likeness (QED) is 0.618. The smallest absolute Gasteiger partial charge is 0.372 e. The highest BCUT2D eigenvalue weighted by Gasteiger charge is 2.33. The van der Waals surface area contributed by atoms with Gasteiger partial charge in [0.1, 0.15) is 6.10 Å². The molecule has 4 nitrogen and oxygen atoms in total. The molecule has 4 heteroatoms. The van der Waals surface area contributed by atoms with Crippen LogP contribution in [0, 0.1) is 17.8 Å². The van der Waals surface area contributed by atoms with E-state index >= 15 is 0 Å². The molecule has 23 heavy (non-hydrogen) atoms. The summed E-state index contributed by atoms with van der Waals surface area (Å²) in [6.45, 7) is 7.00. The van der Waals surface area contributed by atoms with Crippen molar-refractivity contribution in [2.75, 3.05) is 19.0 Å². The Labute approximate surface area is 140 Å². The van der Waals surface area contributed by atoms with E-state index in [9.17, 15) is 4.79 Å². The molecule has 1 aliphatic carbocycles. The van der Waals surface area contributed by atoms with E-state index in [1.165, 1.54) is 12.8 Å². The zero-order valence-electron chi connectivity index (χ0n) is 15.2. The maximum Gasteiger partial charge on any atom is 0.372 e. The molecule has 1 aliphatic rings. The van der Waals surface area contributed by atoms with E-state index in [0.717, 1.165) is 12.1 Å². The number of carbonyl (C=O) groups is 1. The molecule has 0 saturated heterocycles. The number of ether oxygens (including phenoxy) is 1. The molecule has 0 spiro atoms. The van der Waals surface area contributed by atoms with Gasteiger partial charge in [-0.3, -0.25) is 0 Å². The summed E-state index contributed by atoms with van der Waals surface area (Å²) in [5.41, 5.74) is 1.12. The van der Waals surface area contributed by atoms with E-state index < -0.39 is 0 Å². The standard InChI is InChI=1S/C19H31N2O2/c1-14(2)17-7-6-15(3)12-18(17)23-19(22)13-21-10-8-16(9-11-21)20(4)5/h8-11,14-15,17-18H,6-7,12-13H2,1-5H3/q+1. The Morgan fingerprint density at radius 3 is 2.52 bits per heavy atom. The molecule has 0 aliphatic heterocycles. The van der Waals surface area contributed by atoms with Gasteiger partial charge in [-0.2, -0.15) is 4.57 Å². The van der Waals surface area contributed by atoms with Crippen LogP contribution in [0.25, 0.3) is 0 Å². The molecule has 3 unspecified atom stereocenters. The number of rotatable bonds is 5. The van der Waals surface area contributed by atoms with Crippen molar-refractivity contribution in [3.63, 3.8) is 0 Å². The van der Waals surface area contributed by atoms with Gasteiger partial charge in [0.05, 0.1) is 0 Å². The molecule has 0 bridgehead atoms. The van der Waals surface area contributed by atoms with Crippen LogP contribution in [0.4, 0.5) is 5.69 Å². The first-order valence-electron chi connectivity index (χ1n) is 8.72. The third-order valence-electron chi connectivity index (χ3n) is 4.95. The Balaban J connectivity index is 1.94. The first-order valence-corrected chi connectivity index (χ1v) is 8.72. The predicted octanol–water partition coefficient (Wildman–Crippen LogP) is 3.04. The molecule has 0 radical (unpaired) electrons. The molecule has 0 aromatic carbocycles. The van der Waals surface area contributed by atoms with Crippen LogP contribution >= 0.6 is 0 Å². The fourth-order valence-corrected chi connectivity index (χ4v) is 3.46. The molecule has 1 saturated carbocycles. The number of anilines is 1. The SMILES string of the molecule is CC1CCC(C(C)C)C(OC(=O)C[n+]2ccc(N(C)C)cc2)C1. The monoisotopic (exact) mass is 319 g/mol. The Morgan fingerprint density at radius 2 is 1.96 bits per heavy atom. The van der Waals surface area contributed by atoms with Gasteiger partial charge in [0, 0.05) is 31.9 Å². The van der Waals surface area contributed by atoms with Crippen molar-refractivity contribution >= 4 is 11.7 Å². The summed E-state index contributed by atoms with van der Waals surface area (Å²) in [6.07, 6.45) is 7.35. The summed E-state index contributed by atoms with van der Waals surface area (Å²) >= 11 is 0. The second-order valence-electron chi connectivity index (χ2n) is 7.48. The number of hydrogen-bond donors (Lipinski definition) is 0. The van der Waals surface area contributed by atoms with Gasteiger partial charge in [0.2, 0.25) is 6.54 Å². The van der Waals surface area contributed by atoms with Crippen LogP contribution < -0.4 is 9.47 Å². The zero-order chi connectivity index (χ0) is 17.0. The Kier molecular flexibility index (Phi) is 6.03. The van der Waals surface area contributed by atoms with Gasteiger partial charge in [-0.1, -0.05) is 27.2 Å². The van der Waals surface area contributed by atoms with Gasteiger partial charge in [-0.25, -0.2) is 4.79 Å². The number of carbonyl (C=O) groups excluding carboxylic acids is 1. The third-order valence-corrected chi connectivity index (χ3v) is 4.95. The van der Waals surface area contributed by atoms with E-state index in [4.69, 9.17) is 4.74 Å². The normalized spacial score (nSPS) is 24.5. The van der Waals surface area contributed by atoms with Crippen LogP contribution in [0.1, 0.15) is 40.0 Å². The average molecular weight is 319 g/mol. The van der Waals surface area contributed by atoms with Crippen LogP contribution in [-0.2, 0) is 16.1 Å². The van der Waals surface area contributed by atoms with Gasteiger partial charge in [-0.05, 0) is 30.6 Å². The number of nitrogens with zero attached hydrogens (tertiary/aromatic N) is 2. The highest BCUT2D eigenvalue weighted by molar-refractivity contribution is 5.67. The van der Waals surface area contributed by atoms with Gasteiger partial charge >= 0.3 is 5.97 Å². The number of pyridine rings is 1. The maximum absolute atomic E-state index is 12.3. The van der Waals surface area contributed by atoms with Gasteiger partial charge in [-0.15, -0.1) is 0 Å². The molecule has 3 atom stereocenters. The summed E-state index contributed by atoms with van der Waals surface area (Å²) in [5, 5.41) is 0. The Morgan fingerprint density at radius 1 is 1.30 bits per heavy atom. The van der Waals surface area contributed by atoms with E-state index in [2.05, 4.69) is 20.8 Å². The van der Waals surface area contributed by atoms with E-state index in [0.29, 0.717) is 17.8 Å². The minimum absolute atomic E-state index is 0.0768. The maximum atomic E-state index is 12.3. The largest absolute Gasteiger partial charge is 0.457 e. The van der Waals surface area contributed by atoms with Crippen molar-refractivity contribution in [1.29, 1.82) is 0 Å². The van der Waals surface area contributed by atoms with E-state index in [1.807, 2.05) is 48.1 Å². The summed E-state index contributed by atoms with van der Waals surface area (Å²) < 4.78 is 7.73. The Bertz CT molecular complexity index is 511. The van der Waals surface area contributed by atoms with Crippen LogP contribution in [0.2, 0.25) is 0 Å². The van der Waals surface area contributed by atoms with Crippen molar-refractivity contribution in [1.82, 2.24) is 0 Å². The lowest BCUT2D eigenvalue weighted by molar-refractivity contribution is -0.686. The average Bonchev–Trinajstić information content (AvgIpc) is 2.47. The molecule has 1 fully saturated rings. The highest BCUT2D eigenvalue weighted by atomic mass is 16.5. The van der Waals surface area contributed by atoms with Crippen LogP contribution in [0.5, 0.6) is 0 Å². The number of aromatic nitrogens is 1. The molecule has 1 aromatic rings. The van der Waals surface area contributed by atoms with E-state index in [1.54, 1.807) is 0 Å². The highest BCUT2D eigenvalue weighted by Crippen LogP contribution is 2.35. The molecule has 1 heterocycles. The summed E-state index contributed by atoms with van der Waals surface area (Å²) in [4.78, 5) is 14.4. The van der Waals surface area contributed by atoms with E-state index in [-0.39, 0.29) is 18.6 Å². The van der Waals surface area contributed by atoms with Gasteiger partial charge in [0.15, 0.2) is 12.4 Å². The summed E-state index contributed by atoms with van der Waals surface area (Å²) in [7, 11) is 4.01. The lowest BCUT2D eigenvalue weighted by Gasteiger charge is -2.36. The molecule has 1 aromatic heterocycles. The van der Waals surface area contributed by atoms with Crippen molar-refractivity contribution in [2.45, 2.75) is 52.7 Å². The first kappa shape index (κ1) is 17.8. The van der Waals surface area contributed by atoms with Crippen molar-refractivity contribution in [3.05, 3.63) is 24.5 Å². The molecule has 0 amide bonds. The minimum atomic E-state index is -0.127. The van der Waals surface area contributed by atoms with Crippen molar-refractivity contribution < 1.29 is 14.1 Å². The lowest BCUT2D eigenvalue weighted by Crippen LogP contribution is -2.42. The van der Waals surface area contributed by atoms with Crippen LogP contribution in [0.15, 0.2) is 24.5 Å². The first-order chi connectivity index (χ1) is 10.9. The van der Waals surface area contributed by atoms with Crippen LogP contribution in [-0.4, -0.2) is 26.2 Å². The predicted molar refractivity (Wildman–Crippen MR) is 92.2 cm³/mol. The zero-order valence-corrected chi connectivity index (χ0v) is 15.2. The second-order valence-corrected chi connectivity index (χ2v) is 7.48. The summed E-state index contributed by atoms with van der Waals surface area (Å²) in [5.74, 6) is 1.58. The molecular weight excluding hydrogens is 288 g/mol. The van der Waals surface area contributed by atoms with Crippen molar-refractivity contribution in [2.24, 2.45) is 17.8 Å². The summed E-state index contributed by atoms with van der Waals surface area (Å²) in [6, 6.07) is 4.01. The fraction of sp³-hybridized carbons (Fsp3) is 0.684.